The average molecular weight is 480 g/mol. The van der Waals surface area contributed by atoms with Crippen LogP contribution in [-0.4, -0.2) is 26.7 Å². The van der Waals surface area contributed by atoms with Crippen LogP contribution < -0.4 is 5.32 Å². The van der Waals surface area contributed by atoms with Gasteiger partial charge in [0.1, 0.15) is 17.7 Å². The van der Waals surface area contributed by atoms with E-state index in [0.29, 0.717) is 12.2 Å². The zero-order valence-corrected chi connectivity index (χ0v) is 19.7. The van der Waals surface area contributed by atoms with E-state index >= 15 is 0 Å². The van der Waals surface area contributed by atoms with Gasteiger partial charge in [-0.05, 0) is 34.7 Å². The third kappa shape index (κ3) is 4.90. The number of alkyl carbamates (subject to hydrolysis) is 1. The molecule has 0 fully saturated rings. The first-order valence-electron chi connectivity index (χ1n) is 11.7. The van der Waals surface area contributed by atoms with E-state index in [1.165, 1.54) is 0 Å². The molecule has 2 heterocycles. The summed E-state index contributed by atoms with van der Waals surface area (Å²) in [5.74, 6) is 0.632. The highest BCUT2D eigenvalue weighted by atomic mass is 16.6. The van der Waals surface area contributed by atoms with Crippen LogP contribution in [0.1, 0.15) is 35.5 Å². The van der Waals surface area contributed by atoms with Crippen molar-refractivity contribution in [3.63, 3.8) is 0 Å². The van der Waals surface area contributed by atoms with Crippen molar-refractivity contribution in [3.05, 3.63) is 114 Å². The number of fused-ring (bicyclic) bond motifs is 1. The molecule has 7 heteroatoms. The van der Waals surface area contributed by atoms with E-state index in [1.54, 1.807) is 6.20 Å². The number of rotatable bonds is 7. The number of ether oxygens (including phenoxy) is 1. The van der Waals surface area contributed by atoms with Gasteiger partial charge in [-0.2, -0.15) is 0 Å². The number of carbonyl (C=O) groups is 2. The van der Waals surface area contributed by atoms with Gasteiger partial charge < -0.3 is 9.84 Å². The Bertz CT molecular complexity index is 1420. The highest BCUT2D eigenvalue weighted by Gasteiger charge is 2.25. The van der Waals surface area contributed by atoms with Crippen LogP contribution in [0.4, 0.5) is 4.79 Å². The van der Waals surface area contributed by atoms with E-state index in [9.17, 15) is 9.59 Å². The number of nitrogens with zero attached hydrogens (tertiary/aromatic N) is 2. The van der Waals surface area contributed by atoms with Gasteiger partial charge in [0, 0.05) is 24.4 Å². The third-order valence-electron chi connectivity index (χ3n) is 6.23. The standard InChI is InChI=1S/C29H25N3O4/c1-19(21-5-3-2-4-6-21)36-29(35)31-28-25(18-26-30-15-16-32(26)28)24-13-11-23(12-14-24)22-9-7-20(8-10-22)17-27(33)34/h2-16,19H,17-18H2,1H3,(H,31,35)(H,33,34). The van der Waals surface area contributed by atoms with Crippen molar-refractivity contribution in [2.24, 2.45) is 0 Å². The second-order valence-corrected chi connectivity index (χ2v) is 8.65. The van der Waals surface area contributed by atoms with Gasteiger partial charge in [0.25, 0.3) is 0 Å². The Hall–Kier alpha value is -4.65. The molecule has 4 aromatic rings. The first kappa shape index (κ1) is 23.1. The molecule has 0 aliphatic carbocycles. The van der Waals surface area contributed by atoms with E-state index < -0.39 is 12.1 Å². The van der Waals surface area contributed by atoms with Crippen molar-refractivity contribution < 1.29 is 19.4 Å². The zero-order chi connectivity index (χ0) is 25.1. The number of nitrogens with one attached hydrogen (secondary N) is 1. The predicted octanol–water partition coefficient (Wildman–Crippen LogP) is 5.55. The molecule has 1 aliphatic heterocycles. The van der Waals surface area contributed by atoms with Gasteiger partial charge in [-0.15, -0.1) is 0 Å². The summed E-state index contributed by atoms with van der Waals surface area (Å²) < 4.78 is 7.50. The Morgan fingerprint density at radius 2 is 1.61 bits per heavy atom. The fraction of sp³-hybridized carbons (Fsp3) is 0.138. The maximum atomic E-state index is 12.8. The maximum absolute atomic E-state index is 12.8. The Balaban J connectivity index is 1.36. The van der Waals surface area contributed by atoms with E-state index in [0.717, 1.165) is 39.2 Å². The van der Waals surface area contributed by atoms with Gasteiger partial charge >= 0.3 is 12.1 Å². The molecule has 1 atom stereocenters. The SMILES string of the molecule is CC(OC(=O)NC1=C(c2ccc(-c3ccc(CC(=O)O)cc3)cc2)Cc2nccn21)c1ccccc1. The van der Waals surface area contributed by atoms with Crippen LogP contribution in [0.2, 0.25) is 0 Å². The summed E-state index contributed by atoms with van der Waals surface area (Å²) in [4.78, 5) is 28.1. The lowest BCUT2D eigenvalue weighted by Crippen LogP contribution is -2.26. The molecule has 7 nitrogen and oxygen atoms in total. The van der Waals surface area contributed by atoms with Gasteiger partial charge in [0.15, 0.2) is 0 Å². The van der Waals surface area contributed by atoms with Crippen LogP contribution in [0.15, 0.2) is 91.3 Å². The number of imidazole rings is 1. The number of hydrogen-bond donors (Lipinski definition) is 2. The van der Waals surface area contributed by atoms with Crippen LogP contribution in [0.3, 0.4) is 0 Å². The third-order valence-corrected chi connectivity index (χ3v) is 6.23. The number of carboxylic acids is 1. The second-order valence-electron chi connectivity index (χ2n) is 8.65. The van der Waals surface area contributed by atoms with E-state index in [-0.39, 0.29) is 12.5 Å². The molecule has 36 heavy (non-hydrogen) atoms. The molecule has 0 bridgehead atoms. The smallest absolute Gasteiger partial charge is 0.413 e. The molecular weight excluding hydrogens is 454 g/mol. The highest BCUT2D eigenvalue weighted by Crippen LogP contribution is 2.32. The number of amides is 1. The number of aliphatic carboxylic acids is 1. The molecule has 2 N–H and O–H groups in total. The van der Waals surface area contributed by atoms with Crippen molar-refractivity contribution in [3.8, 4) is 11.1 Å². The summed E-state index contributed by atoms with van der Waals surface area (Å²) in [5.41, 5.74) is 5.62. The minimum Gasteiger partial charge on any atom is -0.481 e. The van der Waals surface area contributed by atoms with Crippen LogP contribution in [0.5, 0.6) is 0 Å². The quantitative estimate of drug-likeness (QED) is 0.363. The average Bonchev–Trinajstić information content (AvgIpc) is 3.47. The molecule has 1 amide bonds. The Kier molecular flexibility index (Phi) is 6.36. The van der Waals surface area contributed by atoms with Crippen LogP contribution >= 0.6 is 0 Å². The van der Waals surface area contributed by atoms with Gasteiger partial charge in [-0.1, -0.05) is 78.9 Å². The summed E-state index contributed by atoms with van der Waals surface area (Å²) in [5, 5.41) is 11.9. The van der Waals surface area contributed by atoms with E-state index in [1.807, 2.05) is 96.6 Å². The summed E-state index contributed by atoms with van der Waals surface area (Å²) in [6.45, 7) is 1.84. The molecule has 1 aliphatic rings. The Morgan fingerprint density at radius 1 is 0.972 bits per heavy atom. The molecule has 0 spiro atoms. The monoisotopic (exact) mass is 479 g/mol. The van der Waals surface area contributed by atoms with Gasteiger partial charge in [0.2, 0.25) is 0 Å². The Labute approximate surface area is 208 Å². The van der Waals surface area contributed by atoms with Gasteiger partial charge in [0.05, 0.1) is 6.42 Å². The fourth-order valence-electron chi connectivity index (χ4n) is 4.36. The molecule has 0 radical (unpaired) electrons. The summed E-state index contributed by atoms with van der Waals surface area (Å²) in [6, 6.07) is 25.2. The van der Waals surface area contributed by atoms with Crippen LogP contribution in [0.25, 0.3) is 22.5 Å². The lowest BCUT2D eigenvalue weighted by atomic mass is 9.98. The topological polar surface area (TPSA) is 93.4 Å². The molecule has 0 saturated heterocycles. The first-order valence-corrected chi connectivity index (χ1v) is 11.7. The number of benzene rings is 3. The highest BCUT2D eigenvalue weighted by molar-refractivity contribution is 5.92. The number of carboxylic acid groups (broad SMARTS) is 1. The molecule has 3 aromatic carbocycles. The predicted molar refractivity (Wildman–Crippen MR) is 137 cm³/mol. The van der Waals surface area contributed by atoms with Crippen molar-refractivity contribution in [2.75, 3.05) is 0 Å². The molecule has 1 aromatic heterocycles. The molecule has 5 rings (SSSR count). The number of carbonyl (C=O) groups excluding carboxylic acids is 1. The molecular formula is C29H25N3O4. The van der Waals surface area contributed by atoms with Crippen molar-refractivity contribution in [1.29, 1.82) is 0 Å². The summed E-state index contributed by atoms with van der Waals surface area (Å²) in [7, 11) is 0. The maximum Gasteiger partial charge on any atom is 0.413 e. The second kappa shape index (κ2) is 9.92. The normalized spacial score (nSPS) is 13.2. The molecule has 0 saturated carbocycles. The number of hydrogen-bond acceptors (Lipinski definition) is 4. The van der Waals surface area contributed by atoms with Crippen molar-refractivity contribution in [1.82, 2.24) is 14.9 Å². The van der Waals surface area contributed by atoms with Crippen molar-refractivity contribution in [2.45, 2.75) is 25.9 Å². The van der Waals surface area contributed by atoms with E-state index in [4.69, 9.17) is 9.84 Å². The Morgan fingerprint density at radius 3 is 2.28 bits per heavy atom. The molecule has 180 valence electrons. The minimum atomic E-state index is -0.847. The number of allylic oxidation sites excluding steroid dienone is 1. The minimum absolute atomic E-state index is 0.00451. The lowest BCUT2D eigenvalue weighted by Gasteiger charge is -2.16. The van der Waals surface area contributed by atoms with Gasteiger partial charge in [-0.25, -0.2) is 9.78 Å². The zero-order valence-electron chi connectivity index (χ0n) is 19.7. The van der Waals surface area contributed by atoms with Gasteiger partial charge in [-0.3, -0.25) is 14.7 Å². The first-order chi connectivity index (χ1) is 17.5. The molecule has 1 unspecified atom stereocenters. The summed E-state index contributed by atoms with van der Waals surface area (Å²) in [6.07, 6.45) is 3.21. The van der Waals surface area contributed by atoms with Crippen molar-refractivity contribution >= 4 is 23.5 Å². The van der Waals surface area contributed by atoms with E-state index in [2.05, 4.69) is 10.3 Å². The summed E-state index contributed by atoms with van der Waals surface area (Å²) >= 11 is 0. The largest absolute Gasteiger partial charge is 0.481 e. The fourth-order valence-corrected chi connectivity index (χ4v) is 4.36. The van der Waals surface area contributed by atoms with Crippen LogP contribution in [-0.2, 0) is 22.4 Å². The lowest BCUT2D eigenvalue weighted by molar-refractivity contribution is -0.136. The number of aromatic nitrogens is 2. The van der Waals surface area contributed by atoms with Crippen LogP contribution in [0, 0.1) is 0 Å².